The van der Waals surface area contributed by atoms with Crippen molar-refractivity contribution < 1.29 is 13.7 Å². The van der Waals surface area contributed by atoms with Crippen molar-refractivity contribution in [3.05, 3.63) is 56.9 Å². The predicted molar refractivity (Wildman–Crippen MR) is 109 cm³/mol. The number of anilines is 1. The Morgan fingerprint density at radius 3 is 2.66 bits per heavy atom. The molecule has 1 aliphatic heterocycles. The third-order valence-corrected chi connectivity index (χ3v) is 5.06. The van der Waals surface area contributed by atoms with Crippen LogP contribution in [0.3, 0.4) is 0 Å². The first-order valence-corrected chi connectivity index (χ1v) is 9.31. The first kappa shape index (κ1) is 19.3. The van der Waals surface area contributed by atoms with Gasteiger partial charge in [0.1, 0.15) is 21.7 Å². The summed E-state index contributed by atoms with van der Waals surface area (Å²) in [6, 6.07) is 5.75. The van der Waals surface area contributed by atoms with Crippen LogP contribution in [0.25, 0.3) is 23.1 Å². The zero-order valence-electron chi connectivity index (χ0n) is 15.5. The van der Waals surface area contributed by atoms with E-state index in [-0.39, 0.29) is 28.4 Å². The number of nitrogens with zero attached hydrogens (tertiary/aromatic N) is 5. The standard InChI is InChI=1S/C19H17ClFN5O3/c1-24-6-8-25(9-7-24)16-10-13-15(11-14(16)21)22-17(23-19(13)20)4-2-12-3-5-18(29-12)26(27)28/h2-5,10-11H,6-9H2,1H3/b4-2+. The molecule has 3 aromatic rings. The van der Waals surface area contributed by atoms with Gasteiger partial charge in [0.05, 0.1) is 17.3 Å². The van der Waals surface area contributed by atoms with Crippen LogP contribution in [-0.2, 0) is 0 Å². The molecule has 10 heteroatoms. The molecule has 0 amide bonds. The molecule has 0 N–H and O–H groups in total. The summed E-state index contributed by atoms with van der Waals surface area (Å²) in [4.78, 5) is 22.8. The average Bonchev–Trinajstić information content (AvgIpc) is 3.16. The highest BCUT2D eigenvalue weighted by Crippen LogP contribution is 2.30. The van der Waals surface area contributed by atoms with Gasteiger partial charge in [0.15, 0.2) is 5.82 Å². The Bertz CT molecular complexity index is 1110. The number of piperazine rings is 1. The van der Waals surface area contributed by atoms with E-state index in [9.17, 15) is 14.5 Å². The van der Waals surface area contributed by atoms with Gasteiger partial charge in [0.25, 0.3) is 0 Å². The average molecular weight is 418 g/mol. The summed E-state index contributed by atoms with van der Waals surface area (Å²) in [5.74, 6) is -0.213. The second kappa shape index (κ2) is 7.76. The van der Waals surface area contributed by atoms with Crippen LogP contribution < -0.4 is 4.90 Å². The van der Waals surface area contributed by atoms with Crippen molar-refractivity contribution in [1.29, 1.82) is 0 Å². The molecule has 29 heavy (non-hydrogen) atoms. The summed E-state index contributed by atoms with van der Waals surface area (Å²) in [7, 11) is 2.04. The summed E-state index contributed by atoms with van der Waals surface area (Å²) in [6.07, 6.45) is 2.99. The molecule has 1 aliphatic rings. The minimum absolute atomic E-state index is 0.204. The van der Waals surface area contributed by atoms with Gasteiger partial charge in [-0.1, -0.05) is 11.6 Å². The molecule has 150 valence electrons. The fourth-order valence-corrected chi connectivity index (χ4v) is 3.41. The monoisotopic (exact) mass is 417 g/mol. The third kappa shape index (κ3) is 4.06. The smallest absolute Gasteiger partial charge is 0.401 e. The molecule has 1 saturated heterocycles. The summed E-state index contributed by atoms with van der Waals surface area (Å²) in [5, 5.41) is 11.4. The normalized spacial score (nSPS) is 15.5. The quantitative estimate of drug-likeness (QED) is 0.362. The zero-order valence-corrected chi connectivity index (χ0v) is 16.3. The van der Waals surface area contributed by atoms with E-state index in [0.29, 0.717) is 16.6 Å². The van der Waals surface area contributed by atoms with Crippen LogP contribution in [0, 0.1) is 15.9 Å². The molecule has 0 unspecified atom stereocenters. The van der Waals surface area contributed by atoms with Crippen LogP contribution in [0.1, 0.15) is 11.6 Å². The molecule has 1 fully saturated rings. The third-order valence-electron chi connectivity index (χ3n) is 4.77. The first-order valence-electron chi connectivity index (χ1n) is 8.93. The second-order valence-electron chi connectivity index (χ2n) is 6.75. The number of rotatable bonds is 4. The molecular formula is C19H17ClFN5O3. The minimum atomic E-state index is -0.624. The van der Waals surface area contributed by atoms with Crippen LogP contribution in [-0.4, -0.2) is 53.0 Å². The predicted octanol–water partition coefficient (Wildman–Crippen LogP) is 3.85. The SMILES string of the molecule is CN1CCN(c2cc3c(Cl)nc(/C=C/c4ccc([N+](=O)[O-])o4)nc3cc2F)CC1. The molecule has 8 nitrogen and oxygen atoms in total. The van der Waals surface area contributed by atoms with Crippen molar-refractivity contribution in [2.45, 2.75) is 0 Å². The Labute approximate surface area is 170 Å². The van der Waals surface area contributed by atoms with Gasteiger partial charge in [-0.25, -0.2) is 14.4 Å². The molecule has 0 bridgehead atoms. The van der Waals surface area contributed by atoms with Gasteiger partial charge in [0, 0.05) is 37.6 Å². The van der Waals surface area contributed by atoms with Crippen molar-refractivity contribution >= 4 is 46.2 Å². The van der Waals surface area contributed by atoms with Crippen molar-refractivity contribution in [3.8, 4) is 0 Å². The molecule has 0 spiro atoms. The molecular weight excluding hydrogens is 401 g/mol. The Kier molecular flexibility index (Phi) is 5.16. The first-order chi connectivity index (χ1) is 13.9. The van der Waals surface area contributed by atoms with E-state index in [4.69, 9.17) is 16.0 Å². The highest BCUT2D eigenvalue weighted by Gasteiger charge is 2.19. The highest BCUT2D eigenvalue weighted by atomic mass is 35.5. The van der Waals surface area contributed by atoms with Gasteiger partial charge >= 0.3 is 5.88 Å². The fourth-order valence-electron chi connectivity index (χ4n) is 3.17. The molecule has 1 aromatic carbocycles. The van der Waals surface area contributed by atoms with Gasteiger partial charge in [0.2, 0.25) is 0 Å². The fraction of sp³-hybridized carbons (Fsp3) is 0.263. The molecule has 0 radical (unpaired) electrons. The summed E-state index contributed by atoms with van der Waals surface area (Å²) in [5.41, 5.74) is 0.868. The molecule has 3 heterocycles. The lowest BCUT2D eigenvalue weighted by Crippen LogP contribution is -2.44. The van der Waals surface area contributed by atoms with Crippen molar-refractivity contribution in [3.63, 3.8) is 0 Å². The second-order valence-corrected chi connectivity index (χ2v) is 7.11. The lowest BCUT2D eigenvalue weighted by molar-refractivity contribution is -0.402. The van der Waals surface area contributed by atoms with Crippen LogP contribution in [0.15, 0.2) is 28.7 Å². The topological polar surface area (TPSA) is 88.5 Å². The zero-order chi connectivity index (χ0) is 20.5. The van der Waals surface area contributed by atoms with E-state index in [1.165, 1.54) is 30.4 Å². The molecule has 2 aromatic heterocycles. The van der Waals surface area contributed by atoms with Gasteiger partial charge in [-0.05, 0) is 31.3 Å². The van der Waals surface area contributed by atoms with Gasteiger partial charge in [-0.3, -0.25) is 10.1 Å². The Balaban J connectivity index is 1.63. The van der Waals surface area contributed by atoms with Crippen molar-refractivity contribution in [1.82, 2.24) is 14.9 Å². The maximum atomic E-state index is 14.7. The molecule has 4 rings (SSSR count). The minimum Gasteiger partial charge on any atom is -0.401 e. The van der Waals surface area contributed by atoms with Crippen molar-refractivity contribution in [2.24, 2.45) is 0 Å². The number of furan rings is 1. The van der Waals surface area contributed by atoms with Gasteiger partial charge < -0.3 is 14.2 Å². The van der Waals surface area contributed by atoms with E-state index in [0.717, 1.165) is 26.2 Å². The molecule has 0 saturated carbocycles. The Morgan fingerprint density at radius 2 is 1.97 bits per heavy atom. The number of hydrogen-bond donors (Lipinski definition) is 0. The van der Waals surface area contributed by atoms with E-state index in [1.807, 2.05) is 11.9 Å². The lowest BCUT2D eigenvalue weighted by Gasteiger charge is -2.34. The van der Waals surface area contributed by atoms with Crippen LogP contribution in [0.5, 0.6) is 0 Å². The maximum Gasteiger partial charge on any atom is 0.433 e. The maximum absolute atomic E-state index is 14.7. The number of hydrogen-bond acceptors (Lipinski definition) is 7. The highest BCUT2D eigenvalue weighted by molar-refractivity contribution is 6.34. The van der Waals surface area contributed by atoms with Gasteiger partial charge in [-0.15, -0.1) is 0 Å². The number of nitro groups is 1. The van der Waals surface area contributed by atoms with E-state index >= 15 is 0 Å². The number of likely N-dealkylation sites (N-methyl/N-ethyl adjacent to an activating group) is 1. The number of benzene rings is 1. The van der Waals surface area contributed by atoms with E-state index in [1.54, 1.807) is 6.07 Å². The van der Waals surface area contributed by atoms with E-state index < -0.39 is 4.92 Å². The van der Waals surface area contributed by atoms with Crippen molar-refractivity contribution in [2.75, 3.05) is 38.1 Å². The molecule has 0 aliphatic carbocycles. The summed E-state index contributed by atoms with van der Waals surface area (Å²) >= 11 is 6.33. The number of aromatic nitrogens is 2. The number of halogens is 2. The lowest BCUT2D eigenvalue weighted by atomic mass is 10.1. The molecule has 0 atom stereocenters. The van der Waals surface area contributed by atoms with Crippen LogP contribution in [0.2, 0.25) is 5.15 Å². The Hall–Kier alpha value is -3.04. The Morgan fingerprint density at radius 1 is 1.21 bits per heavy atom. The summed E-state index contributed by atoms with van der Waals surface area (Å²) < 4.78 is 19.8. The van der Waals surface area contributed by atoms with E-state index in [2.05, 4.69) is 14.9 Å². The largest absolute Gasteiger partial charge is 0.433 e. The number of fused-ring (bicyclic) bond motifs is 1. The van der Waals surface area contributed by atoms with Crippen LogP contribution in [0.4, 0.5) is 16.0 Å². The summed E-state index contributed by atoms with van der Waals surface area (Å²) in [6.45, 7) is 3.17. The van der Waals surface area contributed by atoms with Gasteiger partial charge in [-0.2, -0.15) is 0 Å². The van der Waals surface area contributed by atoms with Crippen LogP contribution >= 0.6 is 11.6 Å².